The lowest BCUT2D eigenvalue weighted by Crippen LogP contribution is -2.30. The minimum absolute atomic E-state index is 0.00280. The van der Waals surface area contributed by atoms with Crippen LogP contribution in [0.5, 0.6) is 0 Å². The number of alkyl halides is 3. The van der Waals surface area contributed by atoms with Crippen LogP contribution in [0.2, 0.25) is 0 Å². The van der Waals surface area contributed by atoms with Crippen molar-refractivity contribution in [1.82, 2.24) is 9.62 Å². The van der Waals surface area contributed by atoms with Crippen LogP contribution in [0.4, 0.5) is 13.2 Å². The Morgan fingerprint density at radius 2 is 1.90 bits per heavy atom. The van der Waals surface area contributed by atoms with E-state index in [0.717, 1.165) is 22.5 Å². The number of aryl methyl sites for hydroxylation is 1. The van der Waals surface area contributed by atoms with Crippen molar-refractivity contribution in [2.75, 3.05) is 20.6 Å². The van der Waals surface area contributed by atoms with Gasteiger partial charge in [-0.25, -0.2) is 12.7 Å². The molecule has 4 nitrogen and oxygen atoms in total. The Balaban J connectivity index is 2.99. The van der Waals surface area contributed by atoms with Crippen molar-refractivity contribution in [3.05, 3.63) is 29.3 Å². The van der Waals surface area contributed by atoms with Crippen molar-refractivity contribution in [2.24, 2.45) is 0 Å². The van der Waals surface area contributed by atoms with Crippen molar-refractivity contribution in [3.8, 4) is 0 Å². The van der Waals surface area contributed by atoms with E-state index in [9.17, 15) is 21.6 Å². The summed E-state index contributed by atoms with van der Waals surface area (Å²) in [6, 6.07) is 4.55. The van der Waals surface area contributed by atoms with Crippen molar-refractivity contribution in [3.63, 3.8) is 0 Å². The highest BCUT2D eigenvalue weighted by atomic mass is 32.2. The highest BCUT2D eigenvalue weighted by Gasteiger charge is 2.30. The summed E-state index contributed by atoms with van der Waals surface area (Å²) in [6.07, 6.45) is -5.55. The molecule has 0 unspecified atom stereocenters. The molecule has 0 aliphatic heterocycles. The first-order valence-corrected chi connectivity index (χ1v) is 7.79. The summed E-state index contributed by atoms with van der Waals surface area (Å²) in [5.74, 6) is 0. The summed E-state index contributed by atoms with van der Waals surface area (Å²) >= 11 is 0. The summed E-state index contributed by atoms with van der Waals surface area (Å²) in [7, 11) is -1.03. The molecule has 0 saturated heterocycles. The topological polar surface area (TPSA) is 49.4 Å². The summed E-state index contributed by atoms with van der Waals surface area (Å²) in [6.45, 7) is 1.74. The van der Waals surface area contributed by atoms with Gasteiger partial charge in [0.25, 0.3) is 0 Å². The van der Waals surface area contributed by atoms with Gasteiger partial charge in [-0.05, 0) is 37.2 Å². The van der Waals surface area contributed by atoms with Gasteiger partial charge in [-0.1, -0.05) is 6.07 Å². The van der Waals surface area contributed by atoms with Crippen LogP contribution in [0, 0.1) is 6.92 Å². The van der Waals surface area contributed by atoms with Gasteiger partial charge in [-0.2, -0.15) is 13.2 Å². The van der Waals surface area contributed by atoms with Gasteiger partial charge in [0.2, 0.25) is 10.0 Å². The monoisotopic (exact) mass is 324 g/mol. The molecule has 0 saturated carbocycles. The maximum absolute atomic E-state index is 12.3. The summed E-state index contributed by atoms with van der Waals surface area (Å²) in [4.78, 5) is 0.00280. The molecule has 0 spiro atoms. The van der Waals surface area contributed by atoms with Crippen molar-refractivity contribution < 1.29 is 21.6 Å². The molecule has 0 amide bonds. The SMILES string of the molecule is CNCc1cc(S(=O)(=O)N(C)CCC(F)(F)F)ccc1C. The fraction of sp³-hybridized carbons (Fsp3) is 0.538. The lowest BCUT2D eigenvalue weighted by molar-refractivity contribution is -0.135. The van der Waals surface area contributed by atoms with Crippen LogP contribution in [-0.2, 0) is 16.6 Å². The molecule has 21 heavy (non-hydrogen) atoms. The normalized spacial score (nSPS) is 12.9. The Morgan fingerprint density at radius 1 is 1.29 bits per heavy atom. The molecule has 0 fully saturated rings. The summed E-state index contributed by atoms with van der Waals surface area (Å²) in [5, 5.41) is 2.92. The van der Waals surface area contributed by atoms with E-state index in [0.29, 0.717) is 6.54 Å². The lowest BCUT2D eigenvalue weighted by atomic mass is 10.1. The molecule has 0 heterocycles. The van der Waals surface area contributed by atoms with Gasteiger partial charge < -0.3 is 5.32 Å². The van der Waals surface area contributed by atoms with Gasteiger partial charge in [0.15, 0.2) is 0 Å². The summed E-state index contributed by atoms with van der Waals surface area (Å²) in [5.41, 5.74) is 1.71. The lowest BCUT2D eigenvalue weighted by Gasteiger charge is -2.19. The molecule has 1 N–H and O–H groups in total. The van der Waals surface area contributed by atoms with Gasteiger partial charge in [0.1, 0.15) is 0 Å². The number of benzene rings is 1. The quantitative estimate of drug-likeness (QED) is 0.873. The first kappa shape index (κ1) is 17.9. The number of halogens is 3. The van der Waals surface area contributed by atoms with Crippen LogP contribution in [0.1, 0.15) is 17.5 Å². The molecule has 0 aromatic heterocycles. The molecule has 0 atom stereocenters. The average molecular weight is 324 g/mol. The van der Waals surface area contributed by atoms with Crippen LogP contribution < -0.4 is 5.32 Å². The summed E-state index contributed by atoms with van der Waals surface area (Å²) < 4.78 is 61.8. The minimum atomic E-state index is -4.38. The van der Waals surface area contributed by atoms with E-state index in [-0.39, 0.29) is 4.90 Å². The Kier molecular flexibility index (Phi) is 5.77. The molecule has 8 heteroatoms. The highest BCUT2D eigenvalue weighted by Crippen LogP contribution is 2.23. The van der Waals surface area contributed by atoms with Crippen LogP contribution in [0.15, 0.2) is 23.1 Å². The maximum atomic E-state index is 12.3. The van der Waals surface area contributed by atoms with Crippen molar-refractivity contribution in [2.45, 2.75) is 31.0 Å². The molecular weight excluding hydrogens is 305 g/mol. The second-order valence-electron chi connectivity index (χ2n) is 4.81. The highest BCUT2D eigenvalue weighted by molar-refractivity contribution is 7.89. The maximum Gasteiger partial charge on any atom is 0.390 e. The average Bonchev–Trinajstić information content (AvgIpc) is 2.37. The second kappa shape index (κ2) is 6.76. The molecular formula is C13H19F3N2O2S. The van der Waals surface area contributed by atoms with Gasteiger partial charge >= 0.3 is 6.18 Å². The predicted molar refractivity (Wildman–Crippen MR) is 74.4 cm³/mol. The largest absolute Gasteiger partial charge is 0.390 e. The fourth-order valence-electron chi connectivity index (χ4n) is 1.77. The van der Waals surface area contributed by atoms with Gasteiger partial charge in [-0.3, -0.25) is 0 Å². The molecule has 0 radical (unpaired) electrons. The van der Waals surface area contributed by atoms with E-state index in [1.807, 2.05) is 6.92 Å². The van der Waals surface area contributed by atoms with Crippen LogP contribution in [0.25, 0.3) is 0 Å². The molecule has 1 aromatic rings. The van der Waals surface area contributed by atoms with Gasteiger partial charge in [-0.15, -0.1) is 0 Å². The number of sulfonamides is 1. The number of nitrogens with one attached hydrogen (secondary N) is 1. The third-order valence-electron chi connectivity index (χ3n) is 3.11. The van der Waals surface area contributed by atoms with E-state index in [2.05, 4.69) is 5.32 Å². The first-order valence-electron chi connectivity index (χ1n) is 6.35. The van der Waals surface area contributed by atoms with Crippen LogP contribution in [-0.4, -0.2) is 39.5 Å². The Hall–Kier alpha value is -1.12. The van der Waals surface area contributed by atoms with Gasteiger partial charge in [0, 0.05) is 20.1 Å². The van der Waals surface area contributed by atoms with E-state index in [1.165, 1.54) is 12.1 Å². The Bertz CT molecular complexity index is 586. The standard InChI is InChI=1S/C13H19F3N2O2S/c1-10-4-5-12(8-11(10)9-17-2)21(19,20)18(3)7-6-13(14,15)16/h4-5,8,17H,6-7,9H2,1-3H3. The minimum Gasteiger partial charge on any atom is -0.316 e. The Morgan fingerprint density at radius 3 is 2.43 bits per heavy atom. The van der Waals surface area contributed by atoms with E-state index in [1.54, 1.807) is 13.1 Å². The number of nitrogens with zero attached hydrogens (tertiary/aromatic N) is 1. The Labute approximate surface area is 123 Å². The van der Waals surface area contributed by atoms with E-state index in [4.69, 9.17) is 0 Å². The zero-order chi connectivity index (χ0) is 16.3. The molecule has 0 aliphatic carbocycles. The fourth-order valence-corrected chi connectivity index (χ4v) is 3.00. The van der Waals surface area contributed by atoms with Gasteiger partial charge in [0.05, 0.1) is 11.3 Å². The zero-order valence-corrected chi connectivity index (χ0v) is 13.0. The smallest absolute Gasteiger partial charge is 0.316 e. The van der Waals surface area contributed by atoms with E-state index >= 15 is 0 Å². The molecule has 0 bridgehead atoms. The van der Waals surface area contributed by atoms with Crippen LogP contribution in [0.3, 0.4) is 0 Å². The molecule has 0 aliphatic rings. The molecule has 1 rings (SSSR count). The van der Waals surface area contributed by atoms with E-state index < -0.39 is 29.2 Å². The third kappa shape index (κ3) is 4.98. The second-order valence-corrected chi connectivity index (χ2v) is 6.86. The predicted octanol–water partition coefficient (Wildman–Crippen LogP) is 2.29. The molecule has 1 aromatic carbocycles. The first-order chi connectivity index (χ1) is 9.58. The zero-order valence-electron chi connectivity index (χ0n) is 12.2. The number of hydrogen-bond acceptors (Lipinski definition) is 3. The van der Waals surface area contributed by atoms with Crippen molar-refractivity contribution >= 4 is 10.0 Å². The number of rotatable bonds is 6. The third-order valence-corrected chi connectivity index (χ3v) is 4.96. The molecule has 120 valence electrons. The van der Waals surface area contributed by atoms with Crippen molar-refractivity contribution in [1.29, 1.82) is 0 Å². The number of hydrogen-bond donors (Lipinski definition) is 1. The van der Waals surface area contributed by atoms with Crippen LogP contribution >= 0.6 is 0 Å².